The monoisotopic (exact) mass is 513 g/mol. The summed E-state index contributed by atoms with van der Waals surface area (Å²) in [5.74, 6) is -3.87. The summed E-state index contributed by atoms with van der Waals surface area (Å²) in [6.45, 7) is 8.52. The molecule has 6 atom stereocenters. The summed E-state index contributed by atoms with van der Waals surface area (Å²) in [7, 11) is 0. The number of likely N-dealkylation sites (tertiary alicyclic amines) is 1. The number of carbonyl (C=O) groups is 4. The van der Waals surface area contributed by atoms with Crippen LogP contribution in [0.15, 0.2) is 0 Å². The minimum absolute atomic E-state index is 0.108. The summed E-state index contributed by atoms with van der Waals surface area (Å²) in [5, 5.41) is 16.9. The quantitative estimate of drug-likeness (QED) is 0.497. The number of alkyl halides is 3. The number of piperidine rings is 1. The van der Waals surface area contributed by atoms with E-state index in [0.29, 0.717) is 12.8 Å². The molecule has 3 fully saturated rings. The van der Waals surface area contributed by atoms with Crippen molar-refractivity contribution in [3.05, 3.63) is 0 Å². The summed E-state index contributed by atoms with van der Waals surface area (Å²) in [6.07, 6.45) is -3.44. The minimum Gasteiger partial charge on any atom is -0.351 e. The van der Waals surface area contributed by atoms with Gasteiger partial charge in [-0.1, -0.05) is 20.8 Å². The Morgan fingerprint density at radius 3 is 2.31 bits per heavy atom. The smallest absolute Gasteiger partial charge is 0.351 e. The molecule has 1 aliphatic carbocycles. The van der Waals surface area contributed by atoms with Gasteiger partial charge in [-0.3, -0.25) is 19.2 Å². The van der Waals surface area contributed by atoms with Gasteiger partial charge in [-0.2, -0.15) is 18.4 Å². The molecule has 0 aromatic carbocycles. The second-order valence-electron chi connectivity index (χ2n) is 12.0. The lowest BCUT2D eigenvalue weighted by Gasteiger charge is -2.40. The molecule has 0 radical (unpaired) electrons. The van der Waals surface area contributed by atoms with Crippen molar-refractivity contribution < 1.29 is 32.3 Å². The average molecular weight is 514 g/mol. The first-order valence-corrected chi connectivity index (χ1v) is 12.1. The van der Waals surface area contributed by atoms with Crippen molar-refractivity contribution in [1.82, 2.24) is 20.9 Å². The minimum atomic E-state index is -5.16. The maximum atomic E-state index is 13.5. The van der Waals surface area contributed by atoms with Crippen LogP contribution in [0.2, 0.25) is 0 Å². The number of nitrogens with zero attached hydrogens (tertiary/aromatic N) is 2. The number of halogens is 3. The molecular formula is C24H34F3N5O4. The first-order chi connectivity index (χ1) is 16.4. The highest BCUT2D eigenvalue weighted by molar-refractivity contribution is 5.94. The number of hydrogen-bond acceptors (Lipinski definition) is 5. The maximum absolute atomic E-state index is 13.5. The van der Waals surface area contributed by atoms with Crippen molar-refractivity contribution in [3.63, 3.8) is 0 Å². The van der Waals surface area contributed by atoms with Crippen LogP contribution in [0.5, 0.6) is 0 Å². The van der Waals surface area contributed by atoms with E-state index < -0.39 is 58.9 Å². The molecule has 12 heteroatoms. The Kier molecular flexibility index (Phi) is 7.37. The standard InChI is InChI=1S/C24H34F3N5O4/c1-22(2,3)17(30-21(36)24(25,26)27)20(35)32-11-14-6-12(14)8-16(32)19(34)29-15(10-28)7-13-9-23(4,5)31-18(13)33/h12-17H,6-9,11H2,1-5H3,(H,29,34)(H,30,36)(H,31,33). The molecule has 6 unspecified atom stereocenters. The lowest BCUT2D eigenvalue weighted by Crippen LogP contribution is -2.62. The summed E-state index contributed by atoms with van der Waals surface area (Å²) in [5.41, 5.74) is -1.47. The molecule has 4 amide bonds. The van der Waals surface area contributed by atoms with Crippen molar-refractivity contribution in [2.75, 3.05) is 6.54 Å². The van der Waals surface area contributed by atoms with Crippen molar-refractivity contribution in [2.24, 2.45) is 23.2 Å². The fraction of sp³-hybridized carbons (Fsp3) is 0.792. The third-order valence-corrected chi connectivity index (χ3v) is 7.22. The van der Waals surface area contributed by atoms with E-state index >= 15 is 0 Å². The van der Waals surface area contributed by atoms with Gasteiger partial charge in [-0.15, -0.1) is 0 Å². The molecule has 3 N–H and O–H groups in total. The SMILES string of the molecule is CC1(C)CC(CC(C#N)NC(=O)C2CC3CC3CN2C(=O)C(NC(=O)C(F)(F)F)C(C)(C)C)C(=O)N1. The van der Waals surface area contributed by atoms with Crippen molar-refractivity contribution in [3.8, 4) is 6.07 Å². The number of amides is 4. The lowest BCUT2D eigenvalue weighted by molar-refractivity contribution is -0.176. The van der Waals surface area contributed by atoms with Crippen molar-refractivity contribution in [1.29, 1.82) is 5.26 Å². The zero-order valence-electron chi connectivity index (χ0n) is 21.2. The topological polar surface area (TPSA) is 131 Å². The number of hydrogen-bond donors (Lipinski definition) is 3. The van der Waals surface area contributed by atoms with E-state index in [0.717, 1.165) is 6.42 Å². The molecule has 0 aromatic rings. The number of nitriles is 1. The van der Waals surface area contributed by atoms with Gasteiger partial charge in [0.05, 0.1) is 6.07 Å². The Morgan fingerprint density at radius 1 is 1.17 bits per heavy atom. The average Bonchev–Trinajstić information content (AvgIpc) is 3.45. The van der Waals surface area contributed by atoms with Crippen LogP contribution in [-0.4, -0.2) is 64.9 Å². The fourth-order valence-corrected chi connectivity index (χ4v) is 5.22. The Labute approximate surface area is 208 Å². The first kappa shape index (κ1) is 27.7. The molecule has 1 saturated carbocycles. The van der Waals surface area contributed by atoms with Gasteiger partial charge in [0, 0.05) is 18.0 Å². The van der Waals surface area contributed by atoms with Crippen LogP contribution in [-0.2, 0) is 19.2 Å². The van der Waals surface area contributed by atoms with E-state index in [2.05, 4.69) is 10.6 Å². The van der Waals surface area contributed by atoms with E-state index in [4.69, 9.17) is 0 Å². The maximum Gasteiger partial charge on any atom is 0.471 e. The van der Waals surface area contributed by atoms with Crippen LogP contribution in [0, 0.1) is 34.5 Å². The van der Waals surface area contributed by atoms with Gasteiger partial charge in [0.25, 0.3) is 0 Å². The van der Waals surface area contributed by atoms with Gasteiger partial charge in [-0.05, 0) is 56.8 Å². The summed E-state index contributed by atoms with van der Waals surface area (Å²) >= 11 is 0. The van der Waals surface area contributed by atoms with Crippen LogP contribution in [0.4, 0.5) is 13.2 Å². The highest BCUT2D eigenvalue weighted by atomic mass is 19.4. The van der Waals surface area contributed by atoms with E-state index in [1.165, 1.54) is 25.7 Å². The first-order valence-electron chi connectivity index (χ1n) is 12.1. The Balaban J connectivity index is 1.75. The number of rotatable bonds is 6. The lowest BCUT2D eigenvalue weighted by atomic mass is 9.84. The van der Waals surface area contributed by atoms with Gasteiger partial charge < -0.3 is 20.9 Å². The molecule has 3 aliphatic rings. The van der Waals surface area contributed by atoms with Crippen LogP contribution in [0.1, 0.15) is 60.3 Å². The predicted octanol–water partition coefficient (Wildman–Crippen LogP) is 1.63. The summed E-state index contributed by atoms with van der Waals surface area (Å²) in [4.78, 5) is 51.9. The molecule has 36 heavy (non-hydrogen) atoms. The zero-order chi connectivity index (χ0) is 27.2. The van der Waals surface area contributed by atoms with Gasteiger partial charge >= 0.3 is 12.1 Å². The van der Waals surface area contributed by atoms with Gasteiger partial charge in [0.15, 0.2) is 0 Å². The number of carbonyl (C=O) groups excluding carboxylic acids is 4. The molecule has 2 heterocycles. The molecule has 200 valence electrons. The largest absolute Gasteiger partial charge is 0.471 e. The van der Waals surface area contributed by atoms with Crippen LogP contribution < -0.4 is 16.0 Å². The van der Waals surface area contributed by atoms with Gasteiger partial charge in [0.2, 0.25) is 17.7 Å². The molecule has 0 aromatic heterocycles. The molecule has 2 aliphatic heterocycles. The summed E-state index contributed by atoms with van der Waals surface area (Å²) in [6, 6.07) is -1.46. The Hall–Kier alpha value is -2.84. The van der Waals surface area contributed by atoms with E-state index in [-0.39, 0.29) is 30.7 Å². The van der Waals surface area contributed by atoms with Crippen molar-refractivity contribution in [2.45, 2.75) is 90.1 Å². The van der Waals surface area contributed by atoms with Crippen LogP contribution in [0.3, 0.4) is 0 Å². The summed E-state index contributed by atoms with van der Waals surface area (Å²) < 4.78 is 38.8. The Morgan fingerprint density at radius 2 is 1.81 bits per heavy atom. The van der Waals surface area contributed by atoms with E-state index in [1.807, 2.05) is 25.2 Å². The number of nitrogens with one attached hydrogen (secondary N) is 3. The Bertz CT molecular complexity index is 968. The van der Waals surface area contributed by atoms with E-state index in [1.54, 1.807) is 0 Å². The molecule has 3 rings (SSSR count). The van der Waals surface area contributed by atoms with Crippen LogP contribution >= 0.6 is 0 Å². The number of fused-ring (bicyclic) bond motifs is 1. The molecule has 0 bridgehead atoms. The highest BCUT2D eigenvalue weighted by Gasteiger charge is 2.52. The zero-order valence-corrected chi connectivity index (χ0v) is 21.2. The molecular weight excluding hydrogens is 479 g/mol. The molecule has 9 nitrogen and oxygen atoms in total. The van der Waals surface area contributed by atoms with Crippen LogP contribution in [0.25, 0.3) is 0 Å². The highest BCUT2D eigenvalue weighted by Crippen LogP contribution is 2.47. The second-order valence-corrected chi connectivity index (χ2v) is 12.0. The van der Waals surface area contributed by atoms with Gasteiger partial charge in [0.1, 0.15) is 18.1 Å². The van der Waals surface area contributed by atoms with Gasteiger partial charge in [-0.25, -0.2) is 0 Å². The predicted molar refractivity (Wildman–Crippen MR) is 122 cm³/mol. The fourth-order valence-electron chi connectivity index (χ4n) is 5.22. The second kappa shape index (κ2) is 9.56. The van der Waals surface area contributed by atoms with Crippen molar-refractivity contribution >= 4 is 23.6 Å². The third kappa shape index (κ3) is 6.28. The molecule has 0 spiro atoms. The normalized spacial score (nSPS) is 28.8. The third-order valence-electron chi connectivity index (χ3n) is 7.22. The van der Waals surface area contributed by atoms with E-state index in [9.17, 15) is 37.6 Å². The molecule has 2 saturated heterocycles.